The SMILES string of the molecule is CC1CCN(C(=O)c2ccccc2NC=C2C(=O)OC(C)(C)OC2=O)CC1. The van der Waals surface area contributed by atoms with E-state index in [1.165, 1.54) is 20.0 Å². The van der Waals surface area contributed by atoms with Crippen LogP contribution in [0.25, 0.3) is 0 Å². The molecule has 2 saturated heterocycles. The van der Waals surface area contributed by atoms with Crippen LogP contribution in [-0.2, 0) is 19.1 Å². The van der Waals surface area contributed by atoms with Crippen molar-refractivity contribution in [2.45, 2.75) is 39.4 Å². The van der Waals surface area contributed by atoms with Crippen LogP contribution in [0.2, 0.25) is 0 Å². The number of hydrogen-bond donors (Lipinski definition) is 1. The van der Waals surface area contributed by atoms with Crippen molar-refractivity contribution < 1.29 is 23.9 Å². The lowest BCUT2D eigenvalue weighted by molar-refractivity contribution is -0.222. The summed E-state index contributed by atoms with van der Waals surface area (Å²) in [5, 5.41) is 2.89. The predicted molar refractivity (Wildman–Crippen MR) is 98.7 cm³/mol. The average molecular weight is 372 g/mol. The summed E-state index contributed by atoms with van der Waals surface area (Å²) < 4.78 is 10.1. The van der Waals surface area contributed by atoms with Gasteiger partial charge in [-0.1, -0.05) is 19.1 Å². The molecule has 0 aromatic heterocycles. The number of likely N-dealkylation sites (tertiary alicyclic amines) is 1. The lowest BCUT2D eigenvalue weighted by atomic mass is 9.98. The molecule has 1 N–H and O–H groups in total. The number of cyclic esters (lactones) is 2. The third-order valence-corrected chi connectivity index (χ3v) is 4.72. The predicted octanol–water partition coefficient (Wildman–Crippen LogP) is 2.69. The third kappa shape index (κ3) is 4.30. The number of esters is 2. The first-order valence-corrected chi connectivity index (χ1v) is 9.08. The van der Waals surface area contributed by atoms with Crippen molar-refractivity contribution in [3.8, 4) is 0 Å². The van der Waals surface area contributed by atoms with E-state index in [1.807, 2.05) is 4.90 Å². The van der Waals surface area contributed by atoms with Gasteiger partial charge in [0.15, 0.2) is 5.57 Å². The summed E-state index contributed by atoms with van der Waals surface area (Å²) in [6.07, 6.45) is 3.20. The Labute approximate surface area is 158 Å². The monoisotopic (exact) mass is 372 g/mol. The van der Waals surface area contributed by atoms with Crippen molar-refractivity contribution in [3.63, 3.8) is 0 Å². The summed E-state index contributed by atoms with van der Waals surface area (Å²) in [7, 11) is 0. The average Bonchev–Trinajstić information content (AvgIpc) is 2.60. The zero-order valence-corrected chi connectivity index (χ0v) is 15.8. The van der Waals surface area contributed by atoms with E-state index in [2.05, 4.69) is 12.2 Å². The van der Waals surface area contributed by atoms with Gasteiger partial charge in [-0.05, 0) is 30.9 Å². The van der Waals surface area contributed by atoms with Gasteiger partial charge in [0.25, 0.3) is 11.7 Å². The number of benzene rings is 1. The van der Waals surface area contributed by atoms with E-state index >= 15 is 0 Å². The number of para-hydroxylation sites is 1. The molecule has 0 unspecified atom stereocenters. The fourth-order valence-electron chi connectivity index (χ4n) is 3.11. The maximum atomic E-state index is 12.9. The van der Waals surface area contributed by atoms with Crippen LogP contribution in [0.3, 0.4) is 0 Å². The van der Waals surface area contributed by atoms with Crippen LogP contribution in [0.5, 0.6) is 0 Å². The number of anilines is 1. The normalized spacial score (nSPS) is 20.0. The van der Waals surface area contributed by atoms with Crippen molar-refractivity contribution >= 4 is 23.5 Å². The van der Waals surface area contributed by atoms with Gasteiger partial charge in [-0.2, -0.15) is 0 Å². The van der Waals surface area contributed by atoms with Gasteiger partial charge in [-0.25, -0.2) is 9.59 Å². The van der Waals surface area contributed by atoms with Crippen LogP contribution in [0, 0.1) is 5.92 Å². The number of carbonyl (C=O) groups is 3. The second kappa shape index (κ2) is 7.42. The molecule has 144 valence electrons. The minimum atomic E-state index is -1.29. The molecule has 2 fully saturated rings. The van der Waals surface area contributed by atoms with Crippen LogP contribution in [-0.4, -0.2) is 41.6 Å². The first-order valence-electron chi connectivity index (χ1n) is 9.08. The minimum absolute atomic E-state index is 0.0710. The Balaban J connectivity index is 1.78. The Bertz CT molecular complexity index is 769. The van der Waals surface area contributed by atoms with E-state index < -0.39 is 17.7 Å². The summed E-state index contributed by atoms with van der Waals surface area (Å²) in [6, 6.07) is 7.00. The van der Waals surface area contributed by atoms with Gasteiger partial charge < -0.3 is 19.7 Å². The van der Waals surface area contributed by atoms with E-state index in [9.17, 15) is 14.4 Å². The Morgan fingerprint density at radius 2 is 1.74 bits per heavy atom. The zero-order chi connectivity index (χ0) is 19.6. The zero-order valence-electron chi connectivity index (χ0n) is 15.8. The molecule has 7 heteroatoms. The van der Waals surface area contributed by atoms with Gasteiger partial charge in [-0.15, -0.1) is 0 Å². The van der Waals surface area contributed by atoms with Crippen molar-refractivity contribution in [3.05, 3.63) is 41.6 Å². The quantitative estimate of drug-likeness (QED) is 0.499. The number of ether oxygens (including phenoxy) is 2. The van der Waals surface area contributed by atoms with Crippen molar-refractivity contribution in [2.24, 2.45) is 5.92 Å². The molecule has 3 rings (SSSR count). The lowest BCUT2D eigenvalue weighted by Crippen LogP contribution is -2.42. The van der Waals surface area contributed by atoms with Crippen molar-refractivity contribution in [2.75, 3.05) is 18.4 Å². The topological polar surface area (TPSA) is 84.9 Å². The molecule has 2 aliphatic rings. The van der Waals surface area contributed by atoms with Gasteiger partial charge in [-0.3, -0.25) is 4.79 Å². The molecule has 0 spiro atoms. The smallest absolute Gasteiger partial charge is 0.350 e. The minimum Gasteiger partial charge on any atom is -0.419 e. The molecule has 0 atom stereocenters. The van der Waals surface area contributed by atoms with Crippen molar-refractivity contribution in [1.29, 1.82) is 0 Å². The second-order valence-electron chi connectivity index (χ2n) is 7.40. The Kier molecular flexibility index (Phi) is 5.21. The number of hydrogen-bond acceptors (Lipinski definition) is 6. The summed E-state index contributed by atoms with van der Waals surface area (Å²) >= 11 is 0. The molecule has 27 heavy (non-hydrogen) atoms. The molecule has 0 bridgehead atoms. The van der Waals surface area contributed by atoms with Gasteiger partial charge in [0.1, 0.15) is 0 Å². The van der Waals surface area contributed by atoms with Crippen LogP contribution >= 0.6 is 0 Å². The summed E-state index contributed by atoms with van der Waals surface area (Å²) in [6.45, 7) is 6.61. The van der Waals surface area contributed by atoms with Gasteiger partial charge in [0.05, 0.1) is 11.3 Å². The fourth-order valence-corrected chi connectivity index (χ4v) is 3.11. The van der Waals surface area contributed by atoms with E-state index in [4.69, 9.17) is 9.47 Å². The first-order chi connectivity index (χ1) is 12.8. The number of nitrogens with one attached hydrogen (secondary N) is 1. The number of nitrogens with zero attached hydrogens (tertiary/aromatic N) is 1. The largest absolute Gasteiger partial charge is 0.419 e. The first kappa shape index (κ1) is 18.9. The molecule has 0 aliphatic carbocycles. The second-order valence-corrected chi connectivity index (χ2v) is 7.40. The van der Waals surface area contributed by atoms with Gasteiger partial charge in [0.2, 0.25) is 0 Å². The van der Waals surface area contributed by atoms with E-state index in [0.717, 1.165) is 25.9 Å². The van der Waals surface area contributed by atoms with E-state index in [1.54, 1.807) is 24.3 Å². The number of amides is 1. The highest BCUT2D eigenvalue weighted by atomic mass is 16.7. The van der Waals surface area contributed by atoms with Crippen molar-refractivity contribution in [1.82, 2.24) is 4.90 Å². The summed E-state index contributed by atoms with van der Waals surface area (Å²) in [5.74, 6) is -2.27. The lowest BCUT2D eigenvalue weighted by Gasteiger charge is -2.31. The van der Waals surface area contributed by atoms with Gasteiger partial charge >= 0.3 is 11.9 Å². The molecule has 1 amide bonds. The standard InChI is InChI=1S/C20H24N2O5/c1-13-8-10-22(11-9-13)17(23)14-6-4-5-7-16(14)21-12-15-18(24)26-20(2,3)27-19(15)25/h4-7,12-13,21H,8-11H2,1-3H3. The molecule has 2 aliphatic heterocycles. The fraction of sp³-hybridized carbons (Fsp3) is 0.450. The maximum Gasteiger partial charge on any atom is 0.350 e. The molecular weight excluding hydrogens is 348 g/mol. The Morgan fingerprint density at radius 3 is 2.37 bits per heavy atom. The van der Waals surface area contributed by atoms with Crippen LogP contribution in [0.4, 0.5) is 5.69 Å². The van der Waals surface area contributed by atoms with Crippen LogP contribution in [0.1, 0.15) is 44.0 Å². The van der Waals surface area contributed by atoms with Crippen LogP contribution < -0.4 is 5.32 Å². The molecule has 0 saturated carbocycles. The Hall–Kier alpha value is -2.83. The van der Waals surface area contributed by atoms with E-state index in [0.29, 0.717) is 17.2 Å². The highest BCUT2D eigenvalue weighted by Crippen LogP contribution is 2.25. The third-order valence-electron chi connectivity index (χ3n) is 4.72. The maximum absolute atomic E-state index is 12.9. The number of piperidine rings is 1. The molecule has 0 radical (unpaired) electrons. The summed E-state index contributed by atoms with van der Waals surface area (Å²) in [4.78, 5) is 38.8. The molecular formula is C20H24N2O5. The molecule has 7 nitrogen and oxygen atoms in total. The highest BCUT2D eigenvalue weighted by molar-refractivity contribution is 6.15. The highest BCUT2D eigenvalue weighted by Gasteiger charge is 2.39. The van der Waals surface area contributed by atoms with Gasteiger partial charge in [0, 0.05) is 33.1 Å². The number of rotatable bonds is 3. The summed E-state index contributed by atoms with van der Waals surface area (Å²) in [5.41, 5.74) is 0.754. The molecule has 2 heterocycles. The number of carbonyl (C=O) groups excluding carboxylic acids is 3. The van der Waals surface area contributed by atoms with E-state index in [-0.39, 0.29) is 11.5 Å². The Morgan fingerprint density at radius 1 is 1.15 bits per heavy atom. The molecule has 1 aromatic carbocycles. The van der Waals surface area contributed by atoms with Crippen LogP contribution in [0.15, 0.2) is 36.0 Å². The molecule has 1 aromatic rings.